The molecule has 1 aliphatic rings. The van der Waals surface area contributed by atoms with Crippen LogP contribution in [-0.2, 0) is 28.3 Å². The summed E-state index contributed by atoms with van der Waals surface area (Å²) >= 11 is 1.49. The topological polar surface area (TPSA) is 49.4 Å². The molecular formula is C32H37FN2O2S. The van der Waals surface area contributed by atoms with Crippen LogP contribution in [0.5, 0.6) is 0 Å². The van der Waals surface area contributed by atoms with Gasteiger partial charge in [0.15, 0.2) is 0 Å². The summed E-state index contributed by atoms with van der Waals surface area (Å²) in [5.41, 5.74) is 4.13. The average Bonchev–Trinajstić information content (AvgIpc) is 2.94. The van der Waals surface area contributed by atoms with Gasteiger partial charge in [-0.05, 0) is 48.6 Å². The van der Waals surface area contributed by atoms with Gasteiger partial charge in [-0.25, -0.2) is 4.39 Å². The maximum Gasteiger partial charge on any atom is 0.243 e. The van der Waals surface area contributed by atoms with E-state index in [2.05, 4.69) is 5.32 Å². The maximum absolute atomic E-state index is 13.8. The minimum absolute atomic E-state index is 0.0718. The highest BCUT2D eigenvalue weighted by atomic mass is 32.2. The Morgan fingerprint density at radius 1 is 0.895 bits per heavy atom. The van der Waals surface area contributed by atoms with E-state index in [-0.39, 0.29) is 29.4 Å². The van der Waals surface area contributed by atoms with Crippen LogP contribution < -0.4 is 5.32 Å². The van der Waals surface area contributed by atoms with E-state index in [0.29, 0.717) is 18.7 Å². The Morgan fingerprint density at radius 2 is 1.55 bits per heavy atom. The van der Waals surface area contributed by atoms with E-state index in [9.17, 15) is 14.0 Å². The fraction of sp³-hybridized carbons (Fsp3) is 0.375. The van der Waals surface area contributed by atoms with Crippen molar-refractivity contribution in [2.75, 3.05) is 5.75 Å². The van der Waals surface area contributed by atoms with Crippen molar-refractivity contribution in [3.8, 4) is 0 Å². The molecule has 3 aromatic rings. The zero-order valence-electron chi connectivity index (χ0n) is 22.1. The smallest absolute Gasteiger partial charge is 0.243 e. The minimum atomic E-state index is -0.612. The van der Waals surface area contributed by atoms with Crippen molar-refractivity contribution in [3.05, 3.63) is 107 Å². The Labute approximate surface area is 230 Å². The number of rotatable bonds is 11. The number of carbonyl (C=O) groups excluding carboxylic acids is 2. The van der Waals surface area contributed by atoms with Gasteiger partial charge >= 0.3 is 0 Å². The van der Waals surface area contributed by atoms with Crippen LogP contribution in [0.2, 0.25) is 0 Å². The van der Waals surface area contributed by atoms with E-state index in [1.807, 2.05) is 61.5 Å². The van der Waals surface area contributed by atoms with Crippen LogP contribution in [0.4, 0.5) is 4.39 Å². The zero-order valence-corrected chi connectivity index (χ0v) is 22.9. The van der Waals surface area contributed by atoms with Crippen LogP contribution in [0.25, 0.3) is 0 Å². The summed E-state index contributed by atoms with van der Waals surface area (Å²) in [6.07, 6.45) is 5.90. The molecule has 0 heterocycles. The van der Waals surface area contributed by atoms with Crippen LogP contribution in [-0.4, -0.2) is 34.6 Å². The summed E-state index contributed by atoms with van der Waals surface area (Å²) in [6, 6.07) is 24.0. The van der Waals surface area contributed by atoms with E-state index in [0.717, 1.165) is 47.9 Å². The van der Waals surface area contributed by atoms with Gasteiger partial charge in [0.25, 0.3) is 0 Å². The van der Waals surface area contributed by atoms with Gasteiger partial charge in [-0.1, -0.05) is 91.6 Å². The molecule has 0 bridgehead atoms. The molecule has 0 unspecified atom stereocenters. The lowest BCUT2D eigenvalue weighted by Gasteiger charge is -2.33. The largest absolute Gasteiger partial charge is 0.352 e. The molecule has 4 nitrogen and oxygen atoms in total. The molecule has 0 aromatic heterocycles. The van der Waals surface area contributed by atoms with Crippen LogP contribution >= 0.6 is 11.8 Å². The molecule has 0 spiro atoms. The van der Waals surface area contributed by atoms with Gasteiger partial charge in [-0.15, -0.1) is 11.8 Å². The lowest BCUT2D eigenvalue weighted by molar-refractivity contribution is -0.139. The first-order chi connectivity index (χ1) is 18.5. The molecule has 2 amide bonds. The second kappa shape index (κ2) is 14.1. The van der Waals surface area contributed by atoms with Gasteiger partial charge in [0.2, 0.25) is 11.8 Å². The molecule has 0 aliphatic heterocycles. The Morgan fingerprint density at radius 3 is 2.24 bits per heavy atom. The minimum Gasteiger partial charge on any atom is -0.352 e. The third kappa shape index (κ3) is 8.45. The summed E-state index contributed by atoms with van der Waals surface area (Å²) in [6.45, 7) is 2.40. The Balaban J connectivity index is 1.55. The fourth-order valence-electron chi connectivity index (χ4n) is 4.91. The van der Waals surface area contributed by atoms with E-state index in [1.54, 1.807) is 17.0 Å². The predicted octanol–water partition coefficient (Wildman–Crippen LogP) is 6.46. The third-order valence-corrected chi connectivity index (χ3v) is 8.09. The summed E-state index contributed by atoms with van der Waals surface area (Å²) in [5, 5.41) is 3.28. The van der Waals surface area contributed by atoms with Crippen LogP contribution in [0.15, 0.2) is 78.9 Å². The Hall–Kier alpha value is -3.12. The van der Waals surface area contributed by atoms with Gasteiger partial charge in [-0.3, -0.25) is 9.59 Å². The third-order valence-electron chi connectivity index (χ3n) is 7.10. The summed E-state index contributed by atoms with van der Waals surface area (Å²) in [4.78, 5) is 29.3. The number of nitrogens with zero attached hydrogens (tertiary/aromatic N) is 1. The molecule has 1 aliphatic carbocycles. The average molecular weight is 533 g/mol. The first-order valence-corrected chi connectivity index (χ1v) is 14.6. The van der Waals surface area contributed by atoms with Gasteiger partial charge in [0.05, 0.1) is 5.75 Å². The molecule has 1 fully saturated rings. The SMILES string of the molecule is Cc1ccc(CN(C(=O)CSCc2ccc(F)cc2)[C@H](Cc2ccccc2)C(=O)NC2CCCCC2)cc1. The Bertz CT molecular complexity index is 1160. The van der Waals surface area contributed by atoms with Gasteiger partial charge in [-0.2, -0.15) is 0 Å². The molecule has 6 heteroatoms. The summed E-state index contributed by atoms with van der Waals surface area (Å²) in [7, 11) is 0. The van der Waals surface area contributed by atoms with E-state index in [4.69, 9.17) is 0 Å². The number of benzene rings is 3. The van der Waals surface area contributed by atoms with Crippen LogP contribution in [0, 0.1) is 12.7 Å². The second-order valence-corrected chi connectivity index (χ2v) is 11.2. The number of nitrogens with one attached hydrogen (secondary N) is 1. The molecule has 0 radical (unpaired) electrons. The maximum atomic E-state index is 13.8. The number of amides is 2. The molecule has 38 heavy (non-hydrogen) atoms. The van der Waals surface area contributed by atoms with Crippen molar-refractivity contribution in [3.63, 3.8) is 0 Å². The van der Waals surface area contributed by atoms with Crippen molar-refractivity contribution >= 4 is 23.6 Å². The molecule has 1 N–H and O–H groups in total. The van der Waals surface area contributed by atoms with E-state index < -0.39 is 6.04 Å². The highest BCUT2D eigenvalue weighted by Crippen LogP contribution is 2.21. The standard InChI is InChI=1S/C32H37FN2O2S/c1-24-12-14-26(15-13-24)21-35(31(36)23-38-22-27-16-18-28(33)19-17-27)30(20-25-8-4-2-5-9-25)32(37)34-29-10-6-3-7-11-29/h2,4-5,8-9,12-19,29-30H,3,6-7,10-11,20-23H2,1H3,(H,34,37)/t30-/m1/s1. The van der Waals surface area contributed by atoms with Gasteiger partial charge in [0.1, 0.15) is 11.9 Å². The van der Waals surface area contributed by atoms with Crippen molar-refractivity contribution < 1.29 is 14.0 Å². The monoisotopic (exact) mass is 532 g/mol. The molecule has 1 saturated carbocycles. The van der Waals surface area contributed by atoms with Crippen molar-refractivity contribution in [1.82, 2.24) is 10.2 Å². The highest BCUT2D eigenvalue weighted by molar-refractivity contribution is 7.99. The predicted molar refractivity (Wildman–Crippen MR) is 153 cm³/mol. The lowest BCUT2D eigenvalue weighted by atomic mass is 9.94. The van der Waals surface area contributed by atoms with Gasteiger partial charge < -0.3 is 10.2 Å². The van der Waals surface area contributed by atoms with Crippen molar-refractivity contribution in [2.24, 2.45) is 0 Å². The number of hydrogen-bond acceptors (Lipinski definition) is 3. The molecule has 1 atom stereocenters. The second-order valence-electron chi connectivity index (χ2n) is 10.2. The van der Waals surface area contributed by atoms with Crippen LogP contribution in [0.1, 0.15) is 54.4 Å². The fourth-order valence-corrected chi connectivity index (χ4v) is 5.78. The van der Waals surface area contributed by atoms with Crippen molar-refractivity contribution in [1.29, 1.82) is 0 Å². The normalized spacial score (nSPS) is 14.6. The number of thioether (sulfide) groups is 1. The van der Waals surface area contributed by atoms with Crippen LogP contribution in [0.3, 0.4) is 0 Å². The quantitative estimate of drug-likeness (QED) is 0.309. The Kier molecular flexibility index (Phi) is 10.4. The highest BCUT2D eigenvalue weighted by Gasteiger charge is 2.31. The zero-order chi connectivity index (χ0) is 26.7. The van der Waals surface area contributed by atoms with Crippen molar-refractivity contribution in [2.45, 2.75) is 69.8 Å². The lowest BCUT2D eigenvalue weighted by Crippen LogP contribution is -2.53. The number of halogens is 1. The summed E-state index contributed by atoms with van der Waals surface area (Å²) < 4.78 is 13.3. The first-order valence-electron chi connectivity index (χ1n) is 13.5. The first kappa shape index (κ1) is 27.9. The molecule has 0 saturated heterocycles. The summed E-state index contributed by atoms with van der Waals surface area (Å²) in [5.74, 6) is 0.418. The number of aryl methyl sites for hydroxylation is 1. The molecule has 4 rings (SSSR count). The number of carbonyl (C=O) groups is 2. The molecular weight excluding hydrogens is 495 g/mol. The van der Waals surface area contributed by atoms with Gasteiger partial charge in [0, 0.05) is 24.8 Å². The van der Waals surface area contributed by atoms with E-state index in [1.165, 1.54) is 30.3 Å². The number of hydrogen-bond donors (Lipinski definition) is 1. The molecule has 200 valence electrons. The molecule has 3 aromatic carbocycles. The van der Waals surface area contributed by atoms with E-state index >= 15 is 0 Å².